The second-order valence-corrected chi connectivity index (χ2v) is 8.11. The number of aryl methyl sites for hydroxylation is 1. The van der Waals surface area contributed by atoms with Gasteiger partial charge in [-0.05, 0) is 37.7 Å². The predicted molar refractivity (Wildman–Crippen MR) is 108 cm³/mol. The molecule has 156 valence electrons. The number of aliphatic hydroxyl groups excluding tert-OH is 2. The van der Waals surface area contributed by atoms with Gasteiger partial charge >= 0.3 is 51.4 Å². The van der Waals surface area contributed by atoms with Gasteiger partial charge in [-0.1, -0.05) is 37.3 Å². The molecule has 3 rings (SSSR count). The molecule has 6 atom stereocenters. The molecule has 0 saturated heterocycles. The molecule has 0 aromatic heterocycles. The number of fused-ring (bicyclic) bond motifs is 3. The van der Waals surface area contributed by atoms with Crippen LogP contribution < -0.4 is 61.2 Å². The number of carboxylic acid groups (broad SMARTS) is 1. The number of carbonyl (C=O) groups excluding carboxylic acids is 1. The van der Waals surface area contributed by atoms with E-state index in [0.29, 0.717) is 25.7 Å². The molecular formula is C24H29KO5. The van der Waals surface area contributed by atoms with Gasteiger partial charge in [-0.15, -0.1) is 11.8 Å². The van der Waals surface area contributed by atoms with Gasteiger partial charge in [-0.2, -0.15) is 0 Å². The average molecular weight is 437 g/mol. The molecule has 1 aliphatic carbocycles. The molecule has 0 radical (unpaired) electrons. The normalized spacial score (nSPS) is 26.0. The zero-order valence-corrected chi connectivity index (χ0v) is 21.1. The van der Waals surface area contributed by atoms with E-state index in [4.69, 9.17) is 4.74 Å². The molecule has 1 aromatic rings. The van der Waals surface area contributed by atoms with Gasteiger partial charge in [0.1, 0.15) is 11.9 Å². The van der Waals surface area contributed by atoms with Gasteiger partial charge in [-0.25, -0.2) is 0 Å². The second kappa shape index (κ2) is 11.8. The third kappa shape index (κ3) is 5.98. The van der Waals surface area contributed by atoms with Gasteiger partial charge < -0.3 is 24.9 Å². The summed E-state index contributed by atoms with van der Waals surface area (Å²) in [6.07, 6.45) is 4.80. The van der Waals surface area contributed by atoms with E-state index in [0.717, 1.165) is 16.9 Å². The van der Waals surface area contributed by atoms with Crippen LogP contribution in [-0.4, -0.2) is 34.5 Å². The zero-order valence-electron chi connectivity index (χ0n) is 18.0. The first-order valence-corrected chi connectivity index (χ1v) is 10.3. The number of para-hydroxylation sites is 1. The van der Waals surface area contributed by atoms with Crippen molar-refractivity contribution in [2.45, 2.75) is 70.2 Å². The van der Waals surface area contributed by atoms with E-state index in [-0.39, 0.29) is 81.7 Å². The Balaban J connectivity index is 0.00000320. The number of rotatable bonds is 8. The van der Waals surface area contributed by atoms with Crippen molar-refractivity contribution >= 4 is 5.97 Å². The van der Waals surface area contributed by atoms with Crippen LogP contribution in [0.3, 0.4) is 0 Å². The van der Waals surface area contributed by atoms with Gasteiger partial charge in [-0.3, -0.25) is 0 Å². The Morgan fingerprint density at radius 2 is 2.20 bits per heavy atom. The third-order valence-corrected chi connectivity index (χ3v) is 6.03. The summed E-state index contributed by atoms with van der Waals surface area (Å²) in [5.41, 5.74) is 2.06. The summed E-state index contributed by atoms with van der Waals surface area (Å²) in [6, 6.07) is 5.96. The number of hydrogen-bond donors (Lipinski definition) is 2. The number of hydrogen-bond acceptors (Lipinski definition) is 5. The number of aliphatic carboxylic acids is 1. The topological polar surface area (TPSA) is 89.8 Å². The fraction of sp³-hybridized carbons (Fsp3) is 0.542. The Morgan fingerprint density at radius 1 is 1.43 bits per heavy atom. The van der Waals surface area contributed by atoms with Gasteiger partial charge in [0.05, 0.1) is 12.2 Å². The molecule has 1 saturated carbocycles. The number of aliphatic hydroxyl groups is 2. The fourth-order valence-corrected chi connectivity index (χ4v) is 4.40. The van der Waals surface area contributed by atoms with Crippen molar-refractivity contribution in [2.24, 2.45) is 11.8 Å². The third-order valence-electron chi connectivity index (χ3n) is 6.03. The first kappa shape index (κ1) is 25.6. The zero-order chi connectivity index (χ0) is 21.0. The van der Waals surface area contributed by atoms with Gasteiger partial charge in [0, 0.05) is 36.2 Å². The number of carbonyl (C=O) groups is 1. The van der Waals surface area contributed by atoms with Crippen molar-refractivity contribution in [3.8, 4) is 17.6 Å². The molecule has 0 spiro atoms. The quantitative estimate of drug-likeness (QED) is 0.309. The maximum absolute atomic E-state index is 10.7. The number of carboxylic acids is 1. The summed E-state index contributed by atoms with van der Waals surface area (Å²) in [7, 11) is 0. The van der Waals surface area contributed by atoms with E-state index in [1.54, 1.807) is 13.0 Å². The van der Waals surface area contributed by atoms with Gasteiger partial charge in [0.15, 0.2) is 0 Å². The molecule has 0 bridgehead atoms. The van der Waals surface area contributed by atoms with Crippen LogP contribution in [0.4, 0.5) is 0 Å². The van der Waals surface area contributed by atoms with Crippen molar-refractivity contribution in [3.63, 3.8) is 0 Å². The van der Waals surface area contributed by atoms with Crippen LogP contribution in [0.25, 0.3) is 0 Å². The Bertz CT molecular complexity index is 825. The van der Waals surface area contributed by atoms with Crippen molar-refractivity contribution in [3.05, 3.63) is 41.5 Å². The van der Waals surface area contributed by atoms with E-state index in [9.17, 15) is 20.1 Å². The minimum atomic E-state index is -1.04. The van der Waals surface area contributed by atoms with E-state index >= 15 is 0 Å². The van der Waals surface area contributed by atoms with Crippen LogP contribution in [0.5, 0.6) is 5.75 Å². The van der Waals surface area contributed by atoms with Crippen molar-refractivity contribution in [1.82, 2.24) is 0 Å². The largest absolute Gasteiger partial charge is 1.00 e. The molecule has 1 aromatic carbocycles. The van der Waals surface area contributed by atoms with E-state index < -0.39 is 18.2 Å². The average Bonchev–Trinajstić information content (AvgIpc) is 3.19. The Labute approximate surface area is 221 Å². The maximum atomic E-state index is 10.7. The van der Waals surface area contributed by atoms with Crippen molar-refractivity contribution < 1.29 is 76.2 Å². The van der Waals surface area contributed by atoms with Crippen molar-refractivity contribution in [2.75, 3.05) is 0 Å². The molecule has 0 amide bonds. The maximum Gasteiger partial charge on any atom is 1.00 e. The van der Waals surface area contributed by atoms with Crippen LogP contribution >= 0.6 is 0 Å². The smallest absolute Gasteiger partial charge is 0.550 e. The number of benzene rings is 1. The van der Waals surface area contributed by atoms with E-state index in [1.807, 2.05) is 31.2 Å². The minimum Gasteiger partial charge on any atom is -0.550 e. The molecule has 1 aliphatic heterocycles. The van der Waals surface area contributed by atoms with Crippen LogP contribution in [-0.2, 0) is 11.2 Å². The van der Waals surface area contributed by atoms with Crippen LogP contribution in [0, 0.1) is 23.7 Å². The summed E-state index contributed by atoms with van der Waals surface area (Å²) in [6.45, 7) is 3.74. The molecule has 30 heavy (non-hydrogen) atoms. The van der Waals surface area contributed by atoms with Crippen LogP contribution in [0.15, 0.2) is 30.4 Å². The molecular weight excluding hydrogens is 407 g/mol. The molecule has 2 N–H and O–H groups in total. The molecule has 1 fully saturated rings. The van der Waals surface area contributed by atoms with Crippen LogP contribution in [0.2, 0.25) is 0 Å². The molecule has 6 heteroatoms. The Morgan fingerprint density at radius 3 is 2.90 bits per heavy atom. The van der Waals surface area contributed by atoms with Gasteiger partial charge in [0.2, 0.25) is 0 Å². The standard InChI is InChI=1S/C24H30O5.K/c1-3-4-7-15(2)19(25)13-12-17-20(26)14-21-23(17)18-10-5-8-16(24(18)29-21)9-6-11-22(27)28;/h5,8,10,12-13,15,17,19-21,23,25-26H,6-7,9,11,14H2,1-2H3,(H,27,28);/q;+1/p-1/b13-12+;/t15?,17-,19+,20+,21-,23-;/m0./s1. The molecule has 2 aliphatic rings. The second-order valence-electron chi connectivity index (χ2n) is 8.11. The summed E-state index contributed by atoms with van der Waals surface area (Å²) in [5.74, 6) is 5.56. The fourth-order valence-electron chi connectivity index (χ4n) is 4.40. The summed E-state index contributed by atoms with van der Waals surface area (Å²) in [4.78, 5) is 10.7. The molecule has 5 nitrogen and oxygen atoms in total. The Kier molecular flexibility index (Phi) is 10.1. The van der Waals surface area contributed by atoms with Gasteiger partial charge in [0.25, 0.3) is 0 Å². The van der Waals surface area contributed by atoms with E-state index in [1.165, 1.54) is 0 Å². The first-order valence-electron chi connectivity index (χ1n) is 10.3. The van der Waals surface area contributed by atoms with Crippen LogP contribution in [0.1, 0.15) is 56.6 Å². The summed E-state index contributed by atoms with van der Waals surface area (Å²) < 4.78 is 6.19. The Hall–Kier alpha value is -0.654. The summed E-state index contributed by atoms with van der Waals surface area (Å²) >= 11 is 0. The predicted octanol–water partition coefficient (Wildman–Crippen LogP) is -1.04. The number of ether oxygens (including phenoxy) is 1. The monoisotopic (exact) mass is 436 g/mol. The summed E-state index contributed by atoms with van der Waals surface area (Å²) in [5, 5.41) is 31.7. The SMILES string of the molecule is CC#CCC(C)[C@H](O)/C=C/[C@@H]1[C@H]2c3cccc(CCCC(=O)[O-])c3O[C@H]2C[C@H]1O.[K+]. The van der Waals surface area contributed by atoms with E-state index in [2.05, 4.69) is 11.8 Å². The molecule has 1 heterocycles. The first-order chi connectivity index (χ1) is 13.9. The minimum absolute atomic E-state index is 0. The molecule has 1 unspecified atom stereocenters. The van der Waals surface area contributed by atoms with Crippen molar-refractivity contribution in [1.29, 1.82) is 0 Å².